The van der Waals surface area contributed by atoms with Gasteiger partial charge in [-0.25, -0.2) is 4.68 Å². The summed E-state index contributed by atoms with van der Waals surface area (Å²) in [7, 11) is 2.09. The fourth-order valence-electron chi connectivity index (χ4n) is 2.50. The minimum absolute atomic E-state index is 0.617. The van der Waals surface area contributed by atoms with Crippen LogP contribution in [0.1, 0.15) is 29.8 Å². The average molecular weight is 282 g/mol. The summed E-state index contributed by atoms with van der Waals surface area (Å²) in [5, 5.41) is 13.3. The molecule has 0 spiro atoms. The zero-order valence-corrected chi connectivity index (χ0v) is 13.0. The smallest absolute Gasteiger partial charge is 0.0648 e. The number of hydrogen-bond donors (Lipinski definition) is 0. The van der Waals surface area contributed by atoms with Gasteiger partial charge in [0.2, 0.25) is 0 Å². The van der Waals surface area contributed by atoms with Gasteiger partial charge in [-0.3, -0.25) is 0 Å². The topological polar surface area (TPSA) is 44.9 Å². The number of hydrogen-bond acceptors (Lipinski definition) is 3. The van der Waals surface area contributed by atoms with Crippen LogP contribution in [0.15, 0.2) is 30.3 Å². The molecule has 0 aliphatic heterocycles. The zero-order valence-electron chi connectivity index (χ0n) is 13.0. The van der Waals surface area contributed by atoms with Crippen LogP contribution in [0.25, 0.3) is 5.69 Å². The molecule has 0 aliphatic rings. The van der Waals surface area contributed by atoms with E-state index in [4.69, 9.17) is 5.26 Å². The first-order valence-corrected chi connectivity index (χ1v) is 7.29. The highest BCUT2D eigenvalue weighted by Crippen LogP contribution is 2.19. The summed E-state index contributed by atoms with van der Waals surface area (Å²) in [5.41, 5.74) is 4.63. The second-order valence-corrected chi connectivity index (χ2v) is 5.40. The predicted octanol–water partition coefficient (Wildman–Crippen LogP) is 3.22. The largest absolute Gasteiger partial charge is 0.302 e. The number of aryl methyl sites for hydroxylation is 1. The third kappa shape index (κ3) is 3.71. The molecule has 0 bridgehead atoms. The third-order valence-corrected chi connectivity index (χ3v) is 3.70. The fourth-order valence-corrected chi connectivity index (χ4v) is 2.50. The molecule has 21 heavy (non-hydrogen) atoms. The Morgan fingerprint density at radius 1 is 1.24 bits per heavy atom. The lowest BCUT2D eigenvalue weighted by Crippen LogP contribution is -2.19. The van der Waals surface area contributed by atoms with E-state index in [1.165, 1.54) is 11.3 Å². The minimum atomic E-state index is 0.617. The summed E-state index contributed by atoms with van der Waals surface area (Å²) in [6.45, 7) is 5.98. The van der Waals surface area contributed by atoms with E-state index < -0.39 is 0 Å². The second kappa shape index (κ2) is 7.05. The van der Waals surface area contributed by atoms with Crippen LogP contribution < -0.4 is 0 Å². The summed E-state index contributed by atoms with van der Waals surface area (Å²) < 4.78 is 2.01. The van der Waals surface area contributed by atoms with Crippen LogP contribution in [-0.4, -0.2) is 28.3 Å². The van der Waals surface area contributed by atoms with Crippen molar-refractivity contribution < 1.29 is 0 Å². The van der Waals surface area contributed by atoms with E-state index in [-0.39, 0.29) is 0 Å². The summed E-state index contributed by atoms with van der Waals surface area (Å²) >= 11 is 0. The average Bonchev–Trinajstić information content (AvgIpc) is 2.76. The van der Waals surface area contributed by atoms with Crippen molar-refractivity contribution in [3.63, 3.8) is 0 Å². The first-order chi connectivity index (χ1) is 10.1. The molecule has 0 saturated carbocycles. The SMILES string of the molecule is Cc1nn(-c2ccccc2)c(C)c1CN(C)CCCC#N. The molecule has 4 nitrogen and oxygen atoms in total. The van der Waals surface area contributed by atoms with E-state index in [1.54, 1.807) is 0 Å². The van der Waals surface area contributed by atoms with Crippen LogP contribution in [0, 0.1) is 25.2 Å². The van der Waals surface area contributed by atoms with Crippen molar-refractivity contribution in [2.45, 2.75) is 33.2 Å². The maximum Gasteiger partial charge on any atom is 0.0648 e. The highest BCUT2D eigenvalue weighted by Gasteiger charge is 2.14. The van der Waals surface area contributed by atoms with Crippen molar-refractivity contribution in [3.8, 4) is 11.8 Å². The Morgan fingerprint density at radius 3 is 2.62 bits per heavy atom. The Balaban J connectivity index is 2.15. The Kier molecular flexibility index (Phi) is 5.13. The first kappa shape index (κ1) is 15.3. The lowest BCUT2D eigenvalue weighted by Gasteiger charge is -2.16. The molecule has 0 N–H and O–H groups in total. The number of aromatic nitrogens is 2. The van der Waals surface area contributed by atoms with Gasteiger partial charge in [-0.2, -0.15) is 10.4 Å². The maximum atomic E-state index is 8.60. The van der Waals surface area contributed by atoms with E-state index in [0.717, 1.165) is 30.9 Å². The molecule has 0 amide bonds. The normalized spacial score (nSPS) is 10.8. The molecular formula is C17H22N4. The summed E-state index contributed by atoms with van der Waals surface area (Å²) in [6, 6.07) is 12.4. The third-order valence-electron chi connectivity index (χ3n) is 3.70. The number of unbranched alkanes of at least 4 members (excludes halogenated alkanes) is 1. The van der Waals surface area contributed by atoms with Gasteiger partial charge >= 0.3 is 0 Å². The summed E-state index contributed by atoms with van der Waals surface area (Å²) in [4.78, 5) is 2.25. The van der Waals surface area contributed by atoms with Gasteiger partial charge in [-0.15, -0.1) is 0 Å². The van der Waals surface area contributed by atoms with Gasteiger partial charge in [0.15, 0.2) is 0 Å². The molecule has 2 aromatic rings. The number of nitriles is 1. The number of rotatable bonds is 6. The molecule has 1 aromatic carbocycles. The maximum absolute atomic E-state index is 8.60. The predicted molar refractivity (Wildman–Crippen MR) is 84.2 cm³/mol. The fraction of sp³-hybridized carbons (Fsp3) is 0.412. The quantitative estimate of drug-likeness (QED) is 0.764. The highest BCUT2D eigenvalue weighted by atomic mass is 15.3. The van der Waals surface area contributed by atoms with Crippen molar-refractivity contribution in [2.75, 3.05) is 13.6 Å². The van der Waals surface area contributed by atoms with E-state index in [1.807, 2.05) is 22.9 Å². The van der Waals surface area contributed by atoms with Crippen LogP contribution in [0.2, 0.25) is 0 Å². The first-order valence-electron chi connectivity index (χ1n) is 7.29. The van der Waals surface area contributed by atoms with Gasteiger partial charge in [0, 0.05) is 24.2 Å². The molecule has 0 saturated heterocycles. The number of para-hydroxylation sites is 1. The molecule has 0 radical (unpaired) electrons. The lowest BCUT2D eigenvalue weighted by atomic mass is 10.2. The van der Waals surface area contributed by atoms with Crippen LogP contribution in [-0.2, 0) is 6.54 Å². The molecule has 0 unspecified atom stereocenters. The molecule has 110 valence electrons. The van der Waals surface area contributed by atoms with Crippen LogP contribution in [0.4, 0.5) is 0 Å². The van der Waals surface area contributed by atoms with Crippen molar-refractivity contribution in [1.82, 2.24) is 14.7 Å². The van der Waals surface area contributed by atoms with Crippen molar-refractivity contribution in [2.24, 2.45) is 0 Å². The molecule has 0 aliphatic carbocycles. The van der Waals surface area contributed by atoms with Crippen LogP contribution in [0.5, 0.6) is 0 Å². The Morgan fingerprint density at radius 2 is 1.95 bits per heavy atom. The number of benzene rings is 1. The zero-order chi connectivity index (χ0) is 15.2. The molecule has 2 rings (SSSR count). The highest BCUT2D eigenvalue weighted by molar-refractivity contribution is 5.36. The molecule has 1 heterocycles. The molecule has 0 fully saturated rings. The van der Waals surface area contributed by atoms with Crippen molar-refractivity contribution in [3.05, 3.63) is 47.3 Å². The van der Waals surface area contributed by atoms with Gasteiger partial charge in [0.25, 0.3) is 0 Å². The Labute approximate surface area is 126 Å². The summed E-state index contributed by atoms with van der Waals surface area (Å²) in [6.07, 6.45) is 1.53. The second-order valence-electron chi connectivity index (χ2n) is 5.40. The van der Waals surface area contributed by atoms with E-state index in [0.29, 0.717) is 6.42 Å². The minimum Gasteiger partial charge on any atom is -0.302 e. The van der Waals surface area contributed by atoms with Gasteiger partial charge < -0.3 is 4.90 Å². The molecule has 4 heteroatoms. The van der Waals surface area contributed by atoms with Gasteiger partial charge in [-0.05, 0) is 46.0 Å². The Bertz CT molecular complexity index is 622. The van der Waals surface area contributed by atoms with E-state index in [2.05, 4.69) is 49.1 Å². The summed E-state index contributed by atoms with van der Waals surface area (Å²) in [5.74, 6) is 0. The van der Waals surface area contributed by atoms with Gasteiger partial charge in [-0.1, -0.05) is 18.2 Å². The van der Waals surface area contributed by atoms with E-state index >= 15 is 0 Å². The number of nitrogens with zero attached hydrogens (tertiary/aromatic N) is 4. The van der Waals surface area contributed by atoms with E-state index in [9.17, 15) is 0 Å². The van der Waals surface area contributed by atoms with Crippen LogP contribution >= 0.6 is 0 Å². The standard InChI is InChI=1S/C17H22N4/c1-14-17(13-20(3)12-8-7-11-18)15(2)21(19-14)16-9-5-4-6-10-16/h4-6,9-10H,7-8,12-13H2,1-3H3. The van der Waals surface area contributed by atoms with Crippen molar-refractivity contribution in [1.29, 1.82) is 5.26 Å². The monoisotopic (exact) mass is 282 g/mol. The molecule has 0 atom stereocenters. The van der Waals surface area contributed by atoms with Gasteiger partial charge in [0.05, 0.1) is 17.5 Å². The molecular weight excluding hydrogens is 260 g/mol. The Hall–Kier alpha value is -2.12. The van der Waals surface area contributed by atoms with Gasteiger partial charge in [0.1, 0.15) is 0 Å². The molecule has 1 aromatic heterocycles. The van der Waals surface area contributed by atoms with Crippen LogP contribution in [0.3, 0.4) is 0 Å². The lowest BCUT2D eigenvalue weighted by molar-refractivity contribution is 0.322. The van der Waals surface area contributed by atoms with Crippen molar-refractivity contribution >= 4 is 0 Å².